The molecule has 0 unspecified atom stereocenters. The Morgan fingerprint density at radius 2 is 2.28 bits per heavy atom. The van der Waals surface area contributed by atoms with Gasteiger partial charge in [0.2, 0.25) is 10.0 Å². The van der Waals surface area contributed by atoms with Gasteiger partial charge in [-0.15, -0.1) is 0 Å². The highest BCUT2D eigenvalue weighted by Crippen LogP contribution is 2.08. The Morgan fingerprint density at radius 1 is 1.61 bits per heavy atom. The number of aromatic nitrogens is 2. The number of hydrogen-bond donors (Lipinski definition) is 3. The van der Waals surface area contributed by atoms with Gasteiger partial charge in [-0.3, -0.25) is 9.48 Å². The highest BCUT2D eigenvalue weighted by molar-refractivity contribution is 7.89. The molecule has 0 fully saturated rings. The average molecular weight is 277 g/mol. The van der Waals surface area contributed by atoms with Gasteiger partial charge in [0.05, 0.1) is 25.8 Å². The molecule has 0 saturated carbocycles. The normalized spacial score (nSPS) is 13.4. The Bertz CT molecular complexity index is 510. The Hall–Kier alpha value is -1.45. The lowest BCUT2D eigenvalue weighted by Gasteiger charge is -2.09. The second-order valence-corrected chi connectivity index (χ2v) is 5.50. The van der Waals surface area contributed by atoms with Crippen LogP contribution in [0.25, 0.3) is 0 Å². The number of aryl methyl sites for hydroxylation is 1. The predicted octanol–water partition coefficient (Wildman–Crippen LogP) is -0.983. The standard InChI is InChI=1S/C9H15N3O5S/c1-7(6-13)11-18(16,17)8-4-10-12(5-8)3-2-9(14)15/h4-5,7,11,13H,2-3,6H2,1H3,(H,14,15)/t7-/m0/s1. The summed E-state index contributed by atoms with van der Waals surface area (Å²) in [4.78, 5) is 10.3. The molecule has 1 atom stereocenters. The highest BCUT2D eigenvalue weighted by atomic mass is 32.2. The van der Waals surface area contributed by atoms with Crippen LogP contribution in [-0.4, -0.2) is 47.0 Å². The minimum atomic E-state index is -3.73. The van der Waals surface area contributed by atoms with E-state index in [1.54, 1.807) is 0 Å². The first-order valence-corrected chi connectivity index (χ1v) is 6.71. The number of carbonyl (C=O) groups is 1. The first kappa shape index (κ1) is 14.6. The summed E-state index contributed by atoms with van der Waals surface area (Å²) in [6.45, 7) is 1.30. The Labute approximate surface area is 104 Å². The zero-order valence-corrected chi connectivity index (χ0v) is 10.6. The topological polar surface area (TPSA) is 122 Å². The summed E-state index contributed by atoms with van der Waals surface area (Å²) in [5.74, 6) is -0.984. The van der Waals surface area contributed by atoms with Crippen LogP contribution in [-0.2, 0) is 21.4 Å². The van der Waals surface area contributed by atoms with Crippen LogP contribution in [0.3, 0.4) is 0 Å². The maximum absolute atomic E-state index is 11.8. The lowest BCUT2D eigenvalue weighted by molar-refractivity contribution is -0.137. The van der Waals surface area contributed by atoms with E-state index in [4.69, 9.17) is 10.2 Å². The van der Waals surface area contributed by atoms with Gasteiger partial charge in [-0.1, -0.05) is 0 Å². The number of sulfonamides is 1. The molecule has 1 aromatic rings. The summed E-state index contributed by atoms with van der Waals surface area (Å²) in [5.41, 5.74) is 0. The lowest BCUT2D eigenvalue weighted by Crippen LogP contribution is -2.34. The maximum atomic E-state index is 11.8. The molecule has 0 bridgehead atoms. The van der Waals surface area contributed by atoms with Crippen LogP contribution >= 0.6 is 0 Å². The molecule has 18 heavy (non-hydrogen) atoms. The van der Waals surface area contributed by atoms with Crippen molar-refractivity contribution in [3.05, 3.63) is 12.4 Å². The van der Waals surface area contributed by atoms with E-state index in [9.17, 15) is 13.2 Å². The third-order valence-electron chi connectivity index (χ3n) is 2.10. The number of nitrogens with zero attached hydrogens (tertiary/aromatic N) is 2. The first-order chi connectivity index (χ1) is 8.35. The molecule has 0 radical (unpaired) electrons. The summed E-state index contributed by atoms with van der Waals surface area (Å²) < 4.78 is 27.0. The Morgan fingerprint density at radius 3 is 2.83 bits per heavy atom. The molecule has 0 aromatic carbocycles. The van der Waals surface area contributed by atoms with Crippen molar-refractivity contribution in [2.75, 3.05) is 6.61 Å². The number of rotatable bonds is 7. The van der Waals surface area contributed by atoms with E-state index in [0.29, 0.717) is 0 Å². The highest BCUT2D eigenvalue weighted by Gasteiger charge is 2.18. The van der Waals surface area contributed by atoms with E-state index in [-0.39, 0.29) is 24.5 Å². The molecule has 1 rings (SSSR count). The molecule has 102 valence electrons. The molecule has 8 nitrogen and oxygen atoms in total. The van der Waals surface area contributed by atoms with Crippen molar-refractivity contribution in [3.8, 4) is 0 Å². The lowest BCUT2D eigenvalue weighted by atomic mass is 10.4. The van der Waals surface area contributed by atoms with Crippen molar-refractivity contribution in [2.45, 2.75) is 30.8 Å². The van der Waals surface area contributed by atoms with Gasteiger partial charge >= 0.3 is 5.97 Å². The molecular formula is C9H15N3O5S. The molecule has 1 heterocycles. The second-order valence-electron chi connectivity index (χ2n) is 3.79. The number of aliphatic hydroxyl groups is 1. The third kappa shape index (κ3) is 4.09. The number of nitrogens with one attached hydrogen (secondary N) is 1. The minimum Gasteiger partial charge on any atom is -0.481 e. The van der Waals surface area contributed by atoms with E-state index >= 15 is 0 Å². The Balaban J connectivity index is 2.75. The van der Waals surface area contributed by atoms with Crippen molar-refractivity contribution in [1.82, 2.24) is 14.5 Å². The molecule has 0 saturated heterocycles. The van der Waals surface area contributed by atoms with Crippen LogP contribution in [0, 0.1) is 0 Å². The van der Waals surface area contributed by atoms with Crippen LogP contribution in [0.15, 0.2) is 17.3 Å². The van der Waals surface area contributed by atoms with Gasteiger partial charge in [0, 0.05) is 12.2 Å². The zero-order chi connectivity index (χ0) is 13.8. The van der Waals surface area contributed by atoms with Crippen LogP contribution in [0.2, 0.25) is 0 Å². The van der Waals surface area contributed by atoms with Gasteiger partial charge in [-0.05, 0) is 6.92 Å². The van der Waals surface area contributed by atoms with E-state index in [0.717, 1.165) is 6.20 Å². The van der Waals surface area contributed by atoms with Gasteiger partial charge < -0.3 is 10.2 Å². The summed E-state index contributed by atoms with van der Waals surface area (Å²) in [7, 11) is -3.73. The number of carboxylic acid groups (broad SMARTS) is 1. The van der Waals surface area contributed by atoms with Gasteiger partial charge in [-0.2, -0.15) is 5.10 Å². The summed E-state index contributed by atoms with van der Waals surface area (Å²) in [6.07, 6.45) is 2.24. The minimum absolute atomic E-state index is 0.0619. The monoisotopic (exact) mass is 277 g/mol. The van der Waals surface area contributed by atoms with Gasteiger partial charge in [0.25, 0.3) is 0 Å². The number of aliphatic carboxylic acids is 1. The van der Waals surface area contributed by atoms with Gasteiger partial charge in [0.1, 0.15) is 4.90 Å². The second kappa shape index (κ2) is 5.94. The Kier molecular flexibility index (Phi) is 4.82. The van der Waals surface area contributed by atoms with E-state index in [1.165, 1.54) is 17.8 Å². The quantitative estimate of drug-likeness (QED) is 0.588. The third-order valence-corrected chi connectivity index (χ3v) is 3.65. The van der Waals surface area contributed by atoms with Crippen LogP contribution in [0.4, 0.5) is 0 Å². The largest absolute Gasteiger partial charge is 0.481 e. The zero-order valence-electron chi connectivity index (χ0n) is 9.78. The number of carboxylic acids is 1. The number of aliphatic hydroxyl groups excluding tert-OH is 1. The predicted molar refractivity (Wildman–Crippen MR) is 61.3 cm³/mol. The van der Waals surface area contributed by atoms with Crippen molar-refractivity contribution in [3.63, 3.8) is 0 Å². The van der Waals surface area contributed by atoms with Crippen LogP contribution in [0.5, 0.6) is 0 Å². The number of hydrogen-bond acceptors (Lipinski definition) is 5. The summed E-state index contributed by atoms with van der Waals surface area (Å²) in [6, 6.07) is -0.600. The summed E-state index contributed by atoms with van der Waals surface area (Å²) in [5, 5.41) is 21.0. The van der Waals surface area contributed by atoms with Crippen LogP contribution < -0.4 is 4.72 Å². The molecule has 0 aliphatic carbocycles. The molecule has 1 aromatic heterocycles. The van der Waals surface area contributed by atoms with Gasteiger partial charge in [-0.25, -0.2) is 13.1 Å². The van der Waals surface area contributed by atoms with Crippen molar-refractivity contribution >= 4 is 16.0 Å². The molecule has 9 heteroatoms. The van der Waals surface area contributed by atoms with Crippen molar-refractivity contribution < 1.29 is 23.4 Å². The molecule has 0 spiro atoms. The van der Waals surface area contributed by atoms with E-state index in [2.05, 4.69) is 9.82 Å². The average Bonchev–Trinajstić information content (AvgIpc) is 2.75. The fourth-order valence-corrected chi connectivity index (χ4v) is 2.37. The molecule has 0 amide bonds. The SMILES string of the molecule is C[C@@H](CO)NS(=O)(=O)c1cnn(CCC(=O)O)c1. The van der Waals surface area contributed by atoms with E-state index in [1.807, 2.05) is 0 Å². The molecule has 0 aliphatic heterocycles. The molecule has 3 N–H and O–H groups in total. The first-order valence-electron chi connectivity index (χ1n) is 5.22. The van der Waals surface area contributed by atoms with Crippen molar-refractivity contribution in [2.24, 2.45) is 0 Å². The van der Waals surface area contributed by atoms with E-state index < -0.39 is 22.0 Å². The fraction of sp³-hybridized carbons (Fsp3) is 0.556. The molecular weight excluding hydrogens is 262 g/mol. The maximum Gasteiger partial charge on any atom is 0.305 e. The summed E-state index contributed by atoms with van der Waals surface area (Å²) >= 11 is 0. The smallest absolute Gasteiger partial charge is 0.305 e. The van der Waals surface area contributed by atoms with Gasteiger partial charge in [0.15, 0.2) is 0 Å². The van der Waals surface area contributed by atoms with Crippen molar-refractivity contribution in [1.29, 1.82) is 0 Å². The van der Waals surface area contributed by atoms with Crippen LogP contribution in [0.1, 0.15) is 13.3 Å². The fourth-order valence-electron chi connectivity index (χ4n) is 1.19. The molecule has 0 aliphatic rings.